The Bertz CT molecular complexity index is 389. The van der Waals surface area contributed by atoms with Crippen molar-refractivity contribution in [3.05, 3.63) is 30.3 Å². The molecule has 1 atom stereocenters. The summed E-state index contributed by atoms with van der Waals surface area (Å²) in [6, 6.07) is 8.88. The van der Waals surface area contributed by atoms with Gasteiger partial charge in [-0.05, 0) is 18.6 Å². The first-order valence-electron chi connectivity index (χ1n) is 5.64. The van der Waals surface area contributed by atoms with Gasteiger partial charge in [-0.1, -0.05) is 32.0 Å². The van der Waals surface area contributed by atoms with E-state index in [0.29, 0.717) is 12.1 Å². The Hall–Kier alpha value is -1.84. The third-order valence-corrected chi connectivity index (χ3v) is 2.66. The Morgan fingerprint density at radius 2 is 1.88 bits per heavy atom. The maximum Gasteiger partial charge on any atom is 0.323 e. The van der Waals surface area contributed by atoms with Crippen LogP contribution in [0.3, 0.4) is 0 Å². The molecule has 17 heavy (non-hydrogen) atoms. The van der Waals surface area contributed by atoms with Gasteiger partial charge in [0.1, 0.15) is 6.54 Å². The molecule has 0 spiro atoms. The number of aliphatic carboxylic acids is 1. The van der Waals surface area contributed by atoms with E-state index in [1.807, 2.05) is 13.0 Å². The summed E-state index contributed by atoms with van der Waals surface area (Å²) >= 11 is 0. The normalized spacial score (nSPS) is 11.9. The molecule has 0 bridgehead atoms. The molecule has 1 unspecified atom stereocenters. The van der Waals surface area contributed by atoms with E-state index in [2.05, 4.69) is 0 Å². The SMILES string of the molecule is CCC(C)C(=O)N(CC(=O)O)c1ccccc1. The van der Waals surface area contributed by atoms with E-state index in [1.54, 1.807) is 31.2 Å². The van der Waals surface area contributed by atoms with Gasteiger partial charge in [0.15, 0.2) is 0 Å². The van der Waals surface area contributed by atoms with Gasteiger partial charge >= 0.3 is 5.97 Å². The highest BCUT2D eigenvalue weighted by molar-refractivity contribution is 5.98. The molecule has 1 amide bonds. The van der Waals surface area contributed by atoms with E-state index in [9.17, 15) is 9.59 Å². The summed E-state index contributed by atoms with van der Waals surface area (Å²) in [5, 5.41) is 8.85. The van der Waals surface area contributed by atoms with Crippen LogP contribution in [0.5, 0.6) is 0 Å². The van der Waals surface area contributed by atoms with Crippen molar-refractivity contribution in [3.8, 4) is 0 Å². The zero-order valence-corrected chi connectivity index (χ0v) is 10.1. The molecular weight excluding hydrogens is 218 g/mol. The van der Waals surface area contributed by atoms with E-state index in [4.69, 9.17) is 5.11 Å². The quantitative estimate of drug-likeness (QED) is 0.850. The first-order valence-corrected chi connectivity index (χ1v) is 5.64. The molecule has 92 valence electrons. The summed E-state index contributed by atoms with van der Waals surface area (Å²) in [6.07, 6.45) is 0.696. The average molecular weight is 235 g/mol. The van der Waals surface area contributed by atoms with Crippen molar-refractivity contribution in [2.75, 3.05) is 11.4 Å². The second-order valence-electron chi connectivity index (χ2n) is 3.96. The zero-order valence-electron chi connectivity index (χ0n) is 10.1. The minimum atomic E-state index is -1.01. The summed E-state index contributed by atoms with van der Waals surface area (Å²) in [5.41, 5.74) is 0.625. The van der Waals surface area contributed by atoms with Crippen LogP contribution in [0.2, 0.25) is 0 Å². The fraction of sp³-hybridized carbons (Fsp3) is 0.385. The van der Waals surface area contributed by atoms with Gasteiger partial charge in [0.25, 0.3) is 0 Å². The molecular formula is C13H17NO3. The van der Waals surface area contributed by atoms with Crippen LogP contribution in [0, 0.1) is 5.92 Å². The first kappa shape index (κ1) is 13.2. The molecule has 0 aliphatic rings. The molecule has 0 heterocycles. The fourth-order valence-electron chi connectivity index (χ4n) is 1.48. The van der Waals surface area contributed by atoms with Gasteiger partial charge in [-0.2, -0.15) is 0 Å². The van der Waals surface area contributed by atoms with Gasteiger partial charge in [0, 0.05) is 11.6 Å². The largest absolute Gasteiger partial charge is 0.480 e. The molecule has 0 aliphatic carbocycles. The van der Waals surface area contributed by atoms with Gasteiger partial charge < -0.3 is 10.0 Å². The number of benzene rings is 1. The standard InChI is InChI=1S/C13H17NO3/c1-3-10(2)13(17)14(9-12(15)16)11-7-5-4-6-8-11/h4-8,10H,3,9H2,1-2H3,(H,15,16). The number of carbonyl (C=O) groups is 2. The number of carboxylic acids is 1. The lowest BCUT2D eigenvalue weighted by molar-refractivity contribution is -0.137. The van der Waals surface area contributed by atoms with Crippen LogP contribution in [-0.2, 0) is 9.59 Å². The van der Waals surface area contributed by atoms with Crippen molar-refractivity contribution in [1.82, 2.24) is 0 Å². The predicted molar refractivity (Wildman–Crippen MR) is 65.9 cm³/mol. The molecule has 0 saturated heterocycles. The van der Waals surface area contributed by atoms with Crippen molar-refractivity contribution in [2.45, 2.75) is 20.3 Å². The fourth-order valence-corrected chi connectivity index (χ4v) is 1.48. The molecule has 1 N–H and O–H groups in total. The lowest BCUT2D eigenvalue weighted by Gasteiger charge is -2.23. The topological polar surface area (TPSA) is 57.6 Å². The molecule has 0 fully saturated rings. The minimum Gasteiger partial charge on any atom is -0.480 e. The number of hydrogen-bond acceptors (Lipinski definition) is 2. The van der Waals surface area contributed by atoms with Gasteiger partial charge in [-0.15, -0.1) is 0 Å². The van der Waals surface area contributed by atoms with Crippen molar-refractivity contribution in [1.29, 1.82) is 0 Å². The monoisotopic (exact) mass is 235 g/mol. The summed E-state index contributed by atoms with van der Waals surface area (Å²) in [4.78, 5) is 24.2. The van der Waals surface area contributed by atoms with Crippen LogP contribution in [-0.4, -0.2) is 23.5 Å². The van der Waals surface area contributed by atoms with Crippen molar-refractivity contribution >= 4 is 17.6 Å². The lowest BCUT2D eigenvalue weighted by Crippen LogP contribution is -2.38. The van der Waals surface area contributed by atoms with E-state index in [-0.39, 0.29) is 18.4 Å². The maximum absolute atomic E-state index is 12.1. The second-order valence-corrected chi connectivity index (χ2v) is 3.96. The molecule has 1 aromatic rings. The van der Waals surface area contributed by atoms with Crippen molar-refractivity contribution in [3.63, 3.8) is 0 Å². The van der Waals surface area contributed by atoms with Crippen LogP contribution in [0.1, 0.15) is 20.3 Å². The molecule has 0 aromatic heterocycles. The molecule has 4 heteroatoms. The van der Waals surface area contributed by atoms with Crippen LogP contribution in [0.25, 0.3) is 0 Å². The Morgan fingerprint density at radius 3 is 2.35 bits per heavy atom. The Morgan fingerprint density at radius 1 is 1.29 bits per heavy atom. The van der Waals surface area contributed by atoms with Gasteiger partial charge in [0.2, 0.25) is 5.91 Å². The number of hydrogen-bond donors (Lipinski definition) is 1. The van der Waals surface area contributed by atoms with Gasteiger partial charge in [0.05, 0.1) is 0 Å². The highest BCUT2D eigenvalue weighted by Gasteiger charge is 2.22. The third-order valence-electron chi connectivity index (χ3n) is 2.66. The number of amides is 1. The minimum absolute atomic E-state index is 0.152. The Kier molecular flexibility index (Phi) is 4.69. The number of carboxylic acid groups (broad SMARTS) is 1. The molecule has 1 aromatic carbocycles. The lowest BCUT2D eigenvalue weighted by atomic mass is 10.1. The van der Waals surface area contributed by atoms with Crippen LogP contribution in [0.15, 0.2) is 30.3 Å². The molecule has 0 radical (unpaired) electrons. The van der Waals surface area contributed by atoms with E-state index in [0.717, 1.165) is 0 Å². The highest BCUT2D eigenvalue weighted by atomic mass is 16.4. The van der Waals surface area contributed by atoms with E-state index in [1.165, 1.54) is 4.90 Å². The summed E-state index contributed by atoms with van der Waals surface area (Å²) in [5.74, 6) is -1.33. The van der Waals surface area contributed by atoms with Crippen LogP contribution in [0.4, 0.5) is 5.69 Å². The van der Waals surface area contributed by atoms with Gasteiger partial charge in [-0.25, -0.2) is 0 Å². The maximum atomic E-state index is 12.1. The molecule has 0 saturated carbocycles. The van der Waals surface area contributed by atoms with Gasteiger partial charge in [-0.3, -0.25) is 9.59 Å². The molecule has 4 nitrogen and oxygen atoms in total. The number of carbonyl (C=O) groups excluding carboxylic acids is 1. The average Bonchev–Trinajstić information content (AvgIpc) is 2.35. The molecule has 1 rings (SSSR count). The summed E-state index contributed by atoms with van der Waals surface area (Å²) in [6.45, 7) is 3.42. The predicted octanol–water partition coefficient (Wildman–Crippen LogP) is 2.15. The Balaban J connectivity index is 2.96. The first-order chi connectivity index (χ1) is 8.06. The highest BCUT2D eigenvalue weighted by Crippen LogP contribution is 2.17. The van der Waals surface area contributed by atoms with Crippen LogP contribution < -0.4 is 4.90 Å². The number of para-hydroxylation sites is 1. The molecule has 0 aliphatic heterocycles. The number of anilines is 1. The van der Waals surface area contributed by atoms with Crippen LogP contribution >= 0.6 is 0 Å². The van der Waals surface area contributed by atoms with Crippen molar-refractivity contribution < 1.29 is 14.7 Å². The van der Waals surface area contributed by atoms with E-state index < -0.39 is 5.97 Å². The second kappa shape index (κ2) is 6.03. The zero-order chi connectivity index (χ0) is 12.8. The Labute approximate surface area is 101 Å². The summed E-state index contributed by atoms with van der Waals surface area (Å²) in [7, 11) is 0. The number of nitrogens with zero attached hydrogens (tertiary/aromatic N) is 1. The van der Waals surface area contributed by atoms with E-state index >= 15 is 0 Å². The van der Waals surface area contributed by atoms with Crippen molar-refractivity contribution in [2.24, 2.45) is 5.92 Å². The number of rotatable bonds is 5. The summed E-state index contributed by atoms with van der Waals surface area (Å²) < 4.78 is 0. The third kappa shape index (κ3) is 3.59. The smallest absolute Gasteiger partial charge is 0.323 e.